The Bertz CT molecular complexity index is 3620. The molecule has 0 atom stereocenters. The lowest BCUT2D eigenvalue weighted by Gasteiger charge is -2.28. The highest BCUT2D eigenvalue weighted by molar-refractivity contribution is 6.19. The SMILES string of the molecule is c1ccc(-c2ccc(-c3ccc(N(c4ccc(-c5ccc(-c6ccc7ccccc7c6)cc5)cc4)c4ccccc4-c4cccc5oc6c7ccccc7ccc6c45)cc3)cc2)cc1. The number of fused-ring (bicyclic) bond motifs is 6. The topological polar surface area (TPSA) is 16.4 Å². The third-order valence-electron chi connectivity index (χ3n) is 12.7. The van der Waals surface area contributed by atoms with E-state index in [1.165, 1.54) is 60.7 Å². The van der Waals surface area contributed by atoms with E-state index in [0.29, 0.717) is 0 Å². The van der Waals surface area contributed by atoms with Gasteiger partial charge in [0.1, 0.15) is 11.2 Å². The molecule has 0 radical (unpaired) electrons. The van der Waals surface area contributed by atoms with E-state index in [0.717, 1.165) is 55.5 Å². The summed E-state index contributed by atoms with van der Waals surface area (Å²) in [6.07, 6.45) is 0. The van der Waals surface area contributed by atoms with Gasteiger partial charge in [-0.3, -0.25) is 0 Å². The second-order valence-corrected chi connectivity index (χ2v) is 16.5. The van der Waals surface area contributed by atoms with Crippen molar-refractivity contribution in [2.24, 2.45) is 0 Å². The van der Waals surface area contributed by atoms with Gasteiger partial charge in [0.2, 0.25) is 0 Å². The zero-order valence-corrected chi connectivity index (χ0v) is 35.0. The molecule has 0 unspecified atom stereocenters. The van der Waals surface area contributed by atoms with Crippen LogP contribution in [0.15, 0.2) is 253 Å². The van der Waals surface area contributed by atoms with E-state index >= 15 is 0 Å². The Kier molecular flexibility index (Phi) is 9.20. The molecule has 64 heavy (non-hydrogen) atoms. The maximum Gasteiger partial charge on any atom is 0.143 e. The van der Waals surface area contributed by atoms with Crippen LogP contribution < -0.4 is 4.90 Å². The Morgan fingerprint density at radius 2 is 0.750 bits per heavy atom. The zero-order chi connectivity index (χ0) is 42.4. The molecule has 0 N–H and O–H groups in total. The molecule has 0 aliphatic carbocycles. The normalized spacial score (nSPS) is 11.4. The summed E-state index contributed by atoms with van der Waals surface area (Å²) in [5.41, 5.74) is 16.8. The molecule has 0 saturated carbocycles. The monoisotopic (exact) mass is 815 g/mol. The van der Waals surface area contributed by atoms with Gasteiger partial charge in [-0.1, -0.05) is 200 Å². The maximum absolute atomic E-state index is 6.68. The van der Waals surface area contributed by atoms with E-state index in [9.17, 15) is 0 Å². The van der Waals surface area contributed by atoms with Crippen LogP contribution in [0.4, 0.5) is 17.1 Å². The second-order valence-electron chi connectivity index (χ2n) is 16.5. The molecule has 300 valence electrons. The van der Waals surface area contributed by atoms with Crippen LogP contribution in [-0.2, 0) is 0 Å². The minimum absolute atomic E-state index is 0.879. The van der Waals surface area contributed by atoms with Gasteiger partial charge in [0.25, 0.3) is 0 Å². The van der Waals surface area contributed by atoms with Gasteiger partial charge in [0.05, 0.1) is 5.69 Å². The first-order valence-electron chi connectivity index (χ1n) is 21.9. The zero-order valence-electron chi connectivity index (χ0n) is 35.0. The van der Waals surface area contributed by atoms with E-state index in [1.54, 1.807) is 0 Å². The first kappa shape index (κ1) is 37.3. The fourth-order valence-corrected chi connectivity index (χ4v) is 9.42. The number of para-hydroxylation sites is 1. The summed E-state index contributed by atoms with van der Waals surface area (Å²) in [4.78, 5) is 2.39. The summed E-state index contributed by atoms with van der Waals surface area (Å²) >= 11 is 0. The fraction of sp³-hybridized carbons (Fsp3) is 0. The van der Waals surface area contributed by atoms with Gasteiger partial charge >= 0.3 is 0 Å². The molecule has 0 aliphatic heterocycles. The molecule has 0 saturated heterocycles. The number of furan rings is 1. The van der Waals surface area contributed by atoms with Crippen LogP contribution in [0, 0.1) is 0 Å². The summed E-state index contributed by atoms with van der Waals surface area (Å²) in [5, 5.41) is 7.03. The molecule has 12 rings (SSSR count). The smallest absolute Gasteiger partial charge is 0.143 e. The van der Waals surface area contributed by atoms with Crippen molar-refractivity contribution < 1.29 is 4.42 Å². The molecule has 0 fully saturated rings. The summed E-state index contributed by atoms with van der Waals surface area (Å²) in [5.74, 6) is 0. The third kappa shape index (κ3) is 6.70. The third-order valence-corrected chi connectivity index (χ3v) is 12.7. The first-order chi connectivity index (χ1) is 31.7. The van der Waals surface area contributed by atoms with E-state index in [4.69, 9.17) is 4.42 Å². The van der Waals surface area contributed by atoms with Crippen molar-refractivity contribution in [2.45, 2.75) is 0 Å². The van der Waals surface area contributed by atoms with Crippen LogP contribution in [0.1, 0.15) is 0 Å². The predicted molar refractivity (Wildman–Crippen MR) is 271 cm³/mol. The largest absolute Gasteiger partial charge is 0.455 e. The summed E-state index contributed by atoms with van der Waals surface area (Å²) in [6.45, 7) is 0. The molecule has 2 heteroatoms. The summed E-state index contributed by atoms with van der Waals surface area (Å²) in [7, 11) is 0. The average molecular weight is 816 g/mol. The highest BCUT2D eigenvalue weighted by Gasteiger charge is 2.21. The first-order valence-corrected chi connectivity index (χ1v) is 21.9. The molecule has 11 aromatic carbocycles. The number of benzene rings is 11. The predicted octanol–water partition coefficient (Wildman–Crippen LogP) is 17.7. The van der Waals surface area contributed by atoms with Crippen LogP contribution in [0.3, 0.4) is 0 Å². The van der Waals surface area contributed by atoms with Gasteiger partial charge < -0.3 is 9.32 Å². The molecule has 12 aromatic rings. The summed E-state index contributed by atoms with van der Waals surface area (Å²) < 4.78 is 6.68. The molecular weight excluding hydrogens is 775 g/mol. The molecule has 0 spiro atoms. The molecule has 0 amide bonds. The minimum atomic E-state index is 0.879. The van der Waals surface area contributed by atoms with Crippen molar-refractivity contribution in [2.75, 3.05) is 4.90 Å². The van der Waals surface area contributed by atoms with Crippen LogP contribution >= 0.6 is 0 Å². The van der Waals surface area contributed by atoms with Crippen molar-refractivity contribution in [3.63, 3.8) is 0 Å². The number of hydrogen-bond acceptors (Lipinski definition) is 2. The molecule has 1 aromatic heterocycles. The Balaban J connectivity index is 0.945. The van der Waals surface area contributed by atoms with Crippen LogP contribution in [0.25, 0.3) is 99.1 Å². The fourth-order valence-electron chi connectivity index (χ4n) is 9.42. The maximum atomic E-state index is 6.68. The molecule has 1 heterocycles. The lowest BCUT2D eigenvalue weighted by molar-refractivity contribution is 0.673. The van der Waals surface area contributed by atoms with Crippen molar-refractivity contribution in [1.29, 1.82) is 0 Å². The van der Waals surface area contributed by atoms with Gasteiger partial charge in [-0.05, 0) is 115 Å². The van der Waals surface area contributed by atoms with Gasteiger partial charge in [-0.2, -0.15) is 0 Å². The Morgan fingerprint density at radius 1 is 0.281 bits per heavy atom. The number of hydrogen-bond donors (Lipinski definition) is 0. The molecule has 0 bridgehead atoms. The standard InChI is InChI=1S/C62H41NO/c1-2-11-42(12-3-1)44-21-23-45(24-22-44)47-31-36-53(37-32-47)63(54-38-33-48(34-39-54)46-25-27-49(28-26-46)52-30-29-43-13-4-5-15-51(43)41-52)59-19-9-8-17-56(59)57-18-10-20-60-61(57)58-40-35-50-14-6-7-16-55(50)62(58)64-60/h1-41H. The highest BCUT2D eigenvalue weighted by atomic mass is 16.3. The summed E-state index contributed by atoms with van der Waals surface area (Å²) in [6, 6.07) is 89.6. The van der Waals surface area contributed by atoms with E-state index in [-0.39, 0.29) is 0 Å². The highest BCUT2D eigenvalue weighted by Crippen LogP contribution is 2.46. The minimum Gasteiger partial charge on any atom is -0.455 e. The number of nitrogens with zero attached hydrogens (tertiary/aromatic N) is 1. The van der Waals surface area contributed by atoms with Crippen molar-refractivity contribution in [3.8, 4) is 55.6 Å². The Morgan fingerprint density at radius 3 is 1.41 bits per heavy atom. The van der Waals surface area contributed by atoms with Gasteiger partial charge in [0, 0.05) is 33.1 Å². The number of rotatable bonds is 8. The number of anilines is 3. The quantitative estimate of drug-likeness (QED) is 0.152. The molecule has 0 aliphatic rings. The molecule has 2 nitrogen and oxygen atoms in total. The van der Waals surface area contributed by atoms with E-state index in [2.05, 4.69) is 254 Å². The van der Waals surface area contributed by atoms with E-state index in [1.807, 2.05) is 0 Å². The van der Waals surface area contributed by atoms with Crippen LogP contribution in [0.2, 0.25) is 0 Å². The van der Waals surface area contributed by atoms with Crippen molar-refractivity contribution >= 4 is 60.5 Å². The van der Waals surface area contributed by atoms with Crippen molar-refractivity contribution in [1.82, 2.24) is 0 Å². The molecular formula is C62H41NO. The Labute approximate surface area is 372 Å². The van der Waals surface area contributed by atoms with Crippen LogP contribution in [-0.4, -0.2) is 0 Å². The average Bonchev–Trinajstić information content (AvgIpc) is 3.77. The lowest BCUT2D eigenvalue weighted by atomic mass is 9.95. The second kappa shape index (κ2) is 15.8. The van der Waals surface area contributed by atoms with Gasteiger partial charge in [-0.15, -0.1) is 0 Å². The van der Waals surface area contributed by atoms with E-state index < -0.39 is 0 Å². The van der Waals surface area contributed by atoms with Crippen LogP contribution in [0.5, 0.6) is 0 Å². The van der Waals surface area contributed by atoms with Gasteiger partial charge in [0.15, 0.2) is 0 Å². The van der Waals surface area contributed by atoms with Gasteiger partial charge in [-0.25, -0.2) is 0 Å². The Hall–Kier alpha value is -8.46. The van der Waals surface area contributed by atoms with Crippen molar-refractivity contribution in [3.05, 3.63) is 249 Å². The lowest BCUT2D eigenvalue weighted by Crippen LogP contribution is -2.11.